The molecule has 0 spiro atoms. The van der Waals surface area contributed by atoms with E-state index in [-0.39, 0.29) is 12.6 Å². The normalized spacial score (nSPS) is 19.2. The van der Waals surface area contributed by atoms with Crippen LogP contribution in [0.4, 0.5) is 5.00 Å². The molecule has 1 saturated carbocycles. The van der Waals surface area contributed by atoms with Crippen LogP contribution in [-0.4, -0.2) is 18.5 Å². The summed E-state index contributed by atoms with van der Waals surface area (Å²) in [7, 11) is 0. The molecule has 1 amide bonds. The number of nitrogens with one attached hydrogen (secondary N) is 1. The minimum Gasteiger partial charge on any atom is -0.455 e. The number of anilines is 1. The Labute approximate surface area is 168 Å². The van der Waals surface area contributed by atoms with Crippen LogP contribution in [-0.2, 0) is 32.6 Å². The van der Waals surface area contributed by atoms with E-state index in [9.17, 15) is 14.9 Å². The van der Waals surface area contributed by atoms with Gasteiger partial charge < -0.3 is 10.1 Å². The number of fused-ring (bicyclic) bond motifs is 1. The summed E-state index contributed by atoms with van der Waals surface area (Å²) in [5.41, 5.74) is 1.97. The third-order valence-corrected chi connectivity index (χ3v) is 6.85. The van der Waals surface area contributed by atoms with Gasteiger partial charge in [-0.1, -0.05) is 37.3 Å². The van der Waals surface area contributed by atoms with Crippen LogP contribution in [0.2, 0.25) is 0 Å². The molecule has 1 aromatic carbocycles. The third-order valence-electron chi connectivity index (χ3n) is 5.68. The summed E-state index contributed by atoms with van der Waals surface area (Å²) in [6.45, 7) is 1.87. The fourth-order valence-electron chi connectivity index (χ4n) is 3.88. The highest BCUT2D eigenvalue weighted by molar-refractivity contribution is 7.16. The molecule has 2 aromatic rings. The first-order chi connectivity index (χ1) is 13.5. The smallest absolute Gasteiger partial charge is 0.317 e. The van der Waals surface area contributed by atoms with Crippen molar-refractivity contribution >= 4 is 28.2 Å². The number of nitriles is 1. The number of rotatable bonds is 5. The van der Waals surface area contributed by atoms with Crippen LogP contribution in [0.1, 0.15) is 47.8 Å². The van der Waals surface area contributed by atoms with E-state index in [1.165, 1.54) is 16.2 Å². The summed E-state index contributed by atoms with van der Waals surface area (Å²) in [6, 6.07) is 11.8. The molecule has 0 aliphatic heterocycles. The van der Waals surface area contributed by atoms with E-state index in [0.717, 1.165) is 43.2 Å². The monoisotopic (exact) mass is 394 g/mol. The first kappa shape index (κ1) is 18.7. The van der Waals surface area contributed by atoms with Crippen LogP contribution in [0.15, 0.2) is 30.3 Å². The maximum Gasteiger partial charge on any atom is 0.317 e. The van der Waals surface area contributed by atoms with Crippen molar-refractivity contribution in [3.8, 4) is 6.07 Å². The summed E-state index contributed by atoms with van der Waals surface area (Å²) in [6.07, 6.45) is 4.36. The van der Waals surface area contributed by atoms with Crippen molar-refractivity contribution in [3.05, 3.63) is 51.9 Å². The zero-order valence-corrected chi connectivity index (χ0v) is 16.6. The summed E-state index contributed by atoms with van der Waals surface area (Å²) in [5, 5.41) is 12.9. The number of thiophene rings is 1. The minimum atomic E-state index is -0.600. The molecular formula is C22H22N2O3S. The van der Waals surface area contributed by atoms with Gasteiger partial charge in [0.1, 0.15) is 11.1 Å². The van der Waals surface area contributed by atoms with E-state index >= 15 is 0 Å². The second-order valence-electron chi connectivity index (χ2n) is 7.74. The van der Waals surface area contributed by atoms with Gasteiger partial charge in [-0.05, 0) is 49.1 Å². The lowest BCUT2D eigenvalue weighted by atomic mass is 9.89. The molecular weight excluding hydrogens is 372 g/mol. The third kappa shape index (κ3) is 3.43. The molecule has 1 N–H and O–H groups in total. The zero-order valence-electron chi connectivity index (χ0n) is 15.8. The van der Waals surface area contributed by atoms with E-state index < -0.39 is 11.3 Å². The Morgan fingerprint density at radius 3 is 2.75 bits per heavy atom. The molecule has 2 aliphatic rings. The van der Waals surface area contributed by atoms with E-state index in [1.54, 1.807) is 0 Å². The molecule has 0 radical (unpaired) electrons. The van der Waals surface area contributed by atoms with Crippen LogP contribution >= 0.6 is 11.3 Å². The molecule has 144 valence electrons. The van der Waals surface area contributed by atoms with Gasteiger partial charge in [0, 0.05) is 4.88 Å². The Kier molecular flexibility index (Phi) is 4.94. The van der Waals surface area contributed by atoms with Gasteiger partial charge in [0.2, 0.25) is 0 Å². The summed E-state index contributed by atoms with van der Waals surface area (Å²) in [4.78, 5) is 26.1. The predicted molar refractivity (Wildman–Crippen MR) is 107 cm³/mol. The number of hydrogen-bond acceptors (Lipinski definition) is 5. The Bertz CT molecular complexity index is 954. The van der Waals surface area contributed by atoms with Crippen molar-refractivity contribution in [1.29, 1.82) is 5.26 Å². The van der Waals surface area contributed by atoms with E-state index in [1.807, 2.05) is 30.3 Å². The Morgan fingerprint density at radius 2 is 2.07 bits per heavy atom. The lowest BCUT2D eigenvalue weighted by Gasteiger charge is -2.17. The van der Waals surface area contributed by atoms with Crippen molar-refractivity contribution in [2.45, 2.75) is 44.4 Å². The standard InChI is InChI=1S/C22H22N2O3S/c1-14-7-8-16-17(12-23)20(28-18(16)11-14)24-19(25)13-27-21(26)22(9-10-22)15-5-3-2-4-6-15/h2-6,14H,7-11,13H2,1H3,(H,24,25)/t14-/m0/s1. The van der Waals surface area contributed by atoms with Crippen molar-refractivity contribution in [2.24, 2.45) is 5.92 Å². The molecule has 1 fully saturated rings. The molecule has 2 aliphatic carbocycles. The van der Waals surface area contributed by atoms with Crippen LogP contribution in [0.5, 0.6) is 0 Å². The largest absolute Gasteiger partial charge is 0.455 e. The lowest BCUT2D eigenvalue weighted by Crippen LogP contribution is -2.28. The molecule has 0 unspecified atom stereocenters. The molecule has 1 atom stereocenters. The molecule has 0 bridgehead atoms. The van der Waals surface area contributed by atoms with Gasteiger partial charge in [0.15, 0.2) is 6.61 Å². The maximum atomic E-state index is 12.6. The van der Waals surface area contributed by atoms with Crippen LogP contribution in [0.25, 0.3) is 0 Å². The van der Waals surface area contributed by atoms with E-state index in [2.05, 4.69) is 18.3 Å². The Balaban J connectivity index is 1.39. The van der Waals surface area contributed by atoms with Crippen molar-refractivity contribution in [2.75, 3.05) is 11.9 Å². The molecule has 5 nitrogen and oxygen atoms in total. The fourth-order valence-corrected chi connectivity index (χ4v) is 5.26. The van der Waals surface area contributed by atoms with Crippen LogP contribution < -0.4 is 5.32 Å². The van der Waals surface area contributed by atoms with Gasteiger partial charge in [-0.15, -0.1) is 11.3 Å². The molecule has 1 aromatic heterocycles. The summed E-state index contributed by atoms with van der Waals surface area (Å²) >= 11 is 1.47. The lowest BCUT2D eigenvalue weighted by molar-refractivity contribution is -0.150. The van der Waals surface area contributed by atoms with Crippen molar-refractivity contribution in [1.82, 2.24) is 0 Å². The van der Waals surface area contributed by atoms with Gasteiger partial charge in [0.25, 0.3) is 5.91 Å². The van der Waals surface area contributed by atoms with Gasteiger partial charge in [-0.2, -0.15) is 5.26 Å². The number of carbonyl (C=O) groups excluding carboxylic acids is 2. The second-order valence-corrected chi connectivity index (χ2v) is 8.85. The van der Waals surface area contributed by atoms with E-state index in [0.29, 0.717) is 16.5 Å². The minimum absolute atomic E-state index is 0.336. The number of hydrogen-bond donors (Lipinski definition) is 1. The number of nitrogens with zero attached hydrogens (tertiary/aromatic N) is 1. The zero-order chi connectivity index (χ0) is 19.7. The average molecular weight is 394 g/mol. The van der Waals surface area contributed by atoms with Gasteiger partial charge in [0.05, 0.1) is 11.0 Å². The highest BCUT2D eigenvalue weighted by Gasteiger charge is 2.52. The maximum absolute atomic E-state index is 12.6. The topological polar surface area (TPSA) is 79.2 Å². The highest BCUT2D eigenvalue weighted by atomic mass is 32.1. The molecule has 1 heterocycles. The molecule has 28 heavy (non-hydrogen) atoms. The first-order valence-corrected chi connectivity index (χ1v) is 10.4. The van der Waals surface area contributed by atoms with Crippen molar-refractivity contribution < 1.29 is 14.3 Å². The average Bonchev–Trinajstić information content (AvgIpc) is 3.44. The molecule has 4 rings (SSSR count). The molecule has 0 saturated heterocycles. The van der Waals surface area contributed by atoms with E-state index in [4.69, 9.17) is 4.74 Å². The number of ether oxygens (including phenoxy) is 1. The number of esters is 1. The Hall–Kier alpha value is -2.65. The number of amides is 1. The highest BCUT2D eigenvalue weighted by Crippen LogP contribution is 2.49. The fraction of sp³-hybridized carbons (Fsp3) is 0.409. The predicted octanol–water partition coefficient (Wildman–Crippen LogP) is 3.96. The van der Waals surface area contributed by atoms with Crippen molar-refractivity contribution in [3.63, 3.8) is 0 Å². The SMILES string of the molecule is C[C@H]1CCc2c(sc(NC(=O)COC(=O)C3(c4ccccc4)CC3)c2C#N)C1. The van der Waals surface area contributed by atoms with Gasteiger partial charge in [-0.3, -0.25) is 9.59 Å². The second kappa shape index (κ2) is 7.40. The van der Waals surface area contributed by atoms with Gasteiger partial charge >= 0.3 is 5.97 Å². The molecule has 6 heteroatoms. The summed E-state index contributed by atoms with van der Waals surface area (Å²) in [5.74, 6) is -0.163. The van der Waals surface area contributed by atoms with Crippen LogP contribution in [0.3, 0.4) is 0 Å². The summed E-state index contributed by atoms with van der Waals surface area (Å²) < 4.78 is 5.32. The first-order valence-electron chi connectivity index (χ1n) is 9.61. The number of carbonyl (C=O) groups is 2. The van der Waals surface area contributed by atoms with Crippen LogP contribution in [0, 0.1) is 17.2 Å². The quantitative estimate of drug-likeness (QED) is 0.779. The van der Waals surface area contributed by atoms with Gasteiger partial charge in [-0.25, -0.2) is 0 Å². The number of benzene rings is 1. The Morgan fingerprint density at radius 1 is 1.32 bits per heavy atom.